The third kappa shape index (κ3) is 6.01. The number of nitrogens with zero attached hydrogens (tertiary/aromatic N) is 3. The van der Waals surface area contributed by atoms with Gasteiger partial charge in [0.25, 0.3) is 0 Å². The molecule has 1 saturated heterocycles. The van der Waals surface area contributed by atoms with Crippen LogP contribution in [0.25, 0.3) is 0 Å². The standard InChI is InChI=1S/C20H23F4N5S/c1-12-7-13(2)11-29(10-12)17-8-16(20(22,23)24)26-18(27-17)28-19(30)25-9-14-3-5-15(21)6-4-14/h3-6,8,12-13H,7,9-11H2,1-2H3,(H2,25,26,27,28,30). The van der Waals surface area contributed by atoms with Crippen LogP contribution in [0.4, 0.5) is 29.3 Å². The zero-order valence-electron chi connectivity index (χ0n) is 16.6. The molecule has 0 amide bonds. The number of piperidine rings is 1. The Labute approximate surface area is 177 Å². The molecule has 1 aromatic carbocycles. The van der Waals surface area contributed by atoms with Crippen molar-refractivity contribution in [1.29, 1.82) is 0 Å². The molecule has 3 rings (SSSR count). The molecule has 10 heteroatoms. The first-order valence-electron chi connectivity index (χ1n) is 9.60. The highest BCUT2D eigenvalue weighted by atomic mass is 32.1. The average Bonchev–Trinajstić information content (AvgIpc) is 2.66. The zero-order valence-corrected chi connectivity index (χ0v) is 17.4. The Morgan fingerprint density at radius 3 is 2.37 bits per heavy atom. The number of hydrogen-bond acceptors (Lipinski definition) is 4. The number of anilines is 2. The Bertz CT molecular complexity index is 878. The largest absolute Gasteiger partial charge is 0.433 e. The average molecular weight is 441 g/mol. The second kappa shape index (κ2) is 9.11. The van der Waals surface area contributed by atoms with Gasteiger partial charge in [-0.05, 0) is 48.2 Å². The second-order valence-corrected chi connectivity index (χ2v) is 8.13. The summed E-state index contributed by atoms with van der Waals surface area (Å²) in [4.78, 5) is 9.72. The SMILES string of the molecule is CC1CC(C)CN(c2cc(C(F)(F)F)nc(NC(=S)NCc3ccc(F)cc3)n2)C1. The van der Waals surface area contributed by atoms with Crippen LogP contribution in [0.1, 0.15) is 31.5 Å². The van der Waals surface area contributed by atoms with Crippen molar-refractivity contribution in [2.45, 2.75) is 33.0 Å². The Hall–Kier alpha value is -2.49. The van der Waals surface area contributed by atoms with E-state index >= 15 is 0 Å². The third-order valence-electron chi connectivity index (χ3n) is 4.79. The lowest BCUT2D eigenvalue weighted by molar-refractivity contribution is -0.141. The molecule has 2 heterocycles. The number of nitrogens with one attached hydrogen (secondary N) is 2. The quantitative estimate of drug-likeness (QED) is 0.534. The van der Waals surface area contributed by atoms with Crippen LogP contribution in [0.15, 0.2) is 30.3 Å². The van der Waals surface area contributed by atoms with E-state index in [9.17, 15) is 17.6 Å². The molecule has 0 spiro atoms. The number of aromatic nitrogens is 2. The van der Waals surface area contributed by atoms with Gasteiger partial charge in [-0.3, -0.25) is 0 Å². The second-order valence-electron chi connectivity index (χ2n) is 7.72. The maximum Gasteiger partial charge on any atom is 0.433 e. The fraction of sp³-hybridized carbons (Fsp3) is 0.450. The van der Waals surface area contributed by atoms with E-state index in [1.165, 1.54) is 12.1 Å². The summed E-state index contributed by atoms with van der Waals surface area (Å²) in [7, 11) is 0. The maximum atomic E-state index is 13.4. The van der Waals surface area contributed by atoms with Gasteiger partial charge in [-0.25, -0.2) is 9.37 Å². The summed E-state index contributed by atoms with van der Waals surface area (Å²) in [6.45, 7) is 5.68. The number of thiocarbonyl (C=S) groups is 1. The minimum absolute atomic E-state index is 0.0741. The summed E-state index contributed by atoms with van der Waals surface area (Å²) >= 11 is 5.16. The number of benzene rings is 1. The van der Waals surface area contributed by atoms with E-state index in [0.717, 1.165) is 18.1 Å². The molecule has 2 atom stereocenters. The third-order valence-corrected chi connectivity index (χ3v) is 5.03. The van der Waals surface area contributed by atoms with Crippen molar-refractivity contribution in [3.05, 3.63) is 47.4 Å². The van der Waals surface area contributed by atoms with Crippen molar-refractivity contribution < 1.29 is 17.6 Å². The number of rotatable bonds is 4. The summed E-state index contributed by atoms with van der Waals surface area (Å²) in [6.07, 6.45) is -3.58. The van der Waals surface area contributed by atoms with E-state index in [2.05, 4.69) is 34.4 Å². The smallest absolute Gasteiger partial charge is 0.358 e. The summed E-state index contributed by atoms with van der Waals surface area (Å²) in [5, 5.41) is 5.57. The van der Waals surface area contributed by atoms with Gasteiger partial charge in [-0.1, -0.05) is 26.0 Å². The Morgan fingerprint density at radius 1 is 1.13 bits per heavy atom. The van der Waals surface area contributed by atoms with Crippen LogP contribution in [0.5, 0.6) is 0 Å². The predicted octanol–water partition coefficient (Wildman–Crippen LogP) is 4.60. The molecular formula is C20H23F4N5S. The molecular weight excluding hydrogens is 418 g/mol. The van der Waals surface area contributed by atoms with Gasteiger partial charge in [0, 0.05) is 25.7 Å². The van der Waals surface area contributed by atoms with Gasteiger partial charge in [-0.2, -0.15) is 18.2 Å². The lowest BCUT2D eigenvalue weighted by atomic mass is 9.92. The molecule has 0 radical (unpaired) electrons. The number of halogens is 4. The van der Waals surface area contributed by atoms with Gasteiger partial charge >= 0.3 is 6.18 Å². The molecule has 2 N–H and O–H groups in total. The molecule has 1 aliphatic rings. The molecule has 2 aromatic rings. The van der Waals surface area contributed by atoms with Crippen LogP contribution < -0.4 is 15.5 Å². The van der Waals surface area contributed by atoms with Crippen molar-refractivity contribution >= 4 is 29.1 Å². The molecule has 1 aromatic heterocycles. The molecule has 0 bridgehead atoms. The highest BCUT2D eigenvalue weighted by Gasteiger charge is 2.35. The molecule has 162 valence electrons. The number of alkyl halides is 3. The summed E-state index contributed by atoms with van der Waals surface area (Å²) in [5.74, 6) is 0.355. The predicted molar refractivity (Wildman–Crippen MR) is 112 cm³/mol. The van der Waals surface area contributed by atoms with E-state index in [4.69, 9.17) is 12.2 Å². The van der Waals surface area contributed by atoms with Crippen molar-refractivity contribution in [3.63, 3.8) is 0 Å². The van der Waals surface area contributed by atoms with Gasteiger partial charge in [0.05, 0.1) is 0 Å². The first-order valence-corrected chi connectivity index (χ1v) is 10.0. The van der Waals surface area contributed by atoms with E-state index in [-0.39, 0.29) is 29.2 Å². The normalized spacial score (nSPS) is 19.5. The van der Waals surface area contributed by atoms with Crippen molar-refractivity contribution in [3.8, 4) is 0 Å². The van der Waals surface area contributed by atoms with Gasteiger partial charge in [0.15, 0.2) is 10.8 Å². The summed E-state index contributed by atoms with van der Waals surface area (Å²) in [5.41, 5.74) is -0.260. The zero-order chi connectivity index (χ0) is 21.9. The molecule has 5 nitrogen and oxygen atoms in total. The topological polar surface area (TPSA) is 53.1 Å². The van der Waals surface area contributed by atoms with Crippen LogP contribution in [0.3, 0.4) is 0 Å². The van der Waals surface area contributed by atoms with Crippen LogP contribution >= 0.6 is 12.2 Å². The highest BCUT2D eigenvalue weighted by Crippen LogP contribution is 2.32. The van der Waals surface area contributed by atoms with Crippen LogP contribution in [0, 0.1) is 17.7 Å². The molecule has 30 heavy (non-hydrogen) atoms. The molecule has 1 fully saturated rings. The first kappa shape index (κ1) is 22.2. The van der Waals surface area contributed by atoms with E-state index < -0.39 is 11.9 Å². The summed E-state index contributed by atoms with van der Waals surface area (Å²) < 4.78 is 53.2. The van der Waals surface area contributed by atoms with Crippen molar-refractivity contribution in [2.24, 2.45) is 11.8 Å². The van der Waals surface area contributed by atoms with Crippen molar-refractivity contribution in [1.82, 2.24) is 15.3 Å². The van der Waals surface area contributed by atoms with Crippen LogP contribution in [-0.4, -0.2) is 28.2 Å². The monoisotopic (exact) mass is 441 g/mol. The number of hydrogen-bond donors (Lipinski definition) is 2. The fourth-order valence-corrected chi connectivity index (χ4v) is 3.74. The van der Waals surface area contributed by atoms with Crippen LogP contribution in [-0.2, 0) is 12.7 Å². The van der Waals surface area contributed by atoms with E-state index in [0.29, 0.717) is 24.9 Å². The summed E-state index contributed by atoms with van der Waals surface area (Å²) in [6, 6.07) is 6.78. The lowest BCUT2D eigenvalue weighted by Crippen LogP contribution is -2.39. The first-order chi connectivity index (χ1) is 14.1. The Morgan fingerprint density at radius 2 is 1.77 bits per heavy atom. The van der Waals surface area contributed by atoms with Gasteiger partial charge in [0.1, 0.15) is 11.6 Å². The molecule has 2 unspecified atom stereocenters. The molecule has 0 aliphatic carbocycles. The van der Waals surface area contributed by atoms with E-state index in [1.54, 1.807) is 12.1 Å². The lowest BCUT2D eigenvalue weighted by Gasteiger charge is -2.36. The van der Waals surface area contributed by atoms with Gasteiger partial charge in [-0.15, -0.1) is 0 Å². The minimum Gasteiger partial charge on any atom is -0.358 e. The molecule has 1 aliphatic heterocycles. The van der Waals surface area contributed by atoms with Crippen LogP contribution in [0.2, 0.25) is 0 Å². The fourth-order valence-electron chi connectivity index (χ4n) is 3.58. The van der Waals surface area contributed by atoms with Gasteiger partial charge < -0.3 is 15.5 Å². The van der Waals surface area contributed by atoms with Gasteiger partial charge in [0.2, 0.25) is 5.95 Å². The Kier molecular flexibility index (Phi) is 6.74. The minimum atomic E-state index is -4.61. The Balaban J connectivity index is 1.75. The van der Waals surface area contributed by atoms with Crippen molar-refractivity contribution in [2.75, 3.05) is 23.3 Å². The maximum absolute atomic E-state index is 13.4. The molecule has 0 saturated carbocycles. The van der Waals surface area contributed by atoms with E-state index in [1.807, 2.05) is 4.90 Å². The highest BCUT2D eigenvalue weighted by molar-refractivity contribution is 7.80.